The molecule has 79 heavy (non-hydrogen) atoms. The number of carboxylic acids is 1. The molecular weight excluding hydrogens is 1090 g/mol. The summed E-state index contributed by atoms with van der Waals surface area (Å²) in [6, 6.07) is 2.64. The molecule has 0 unspecified atom stereocenters. The molecule has 1 aliphatic heterocycles. The molecular formula is C54H93KN8O14S2. The number of primary amides is 1. The first-order valence-electron chi connectivity index (χ1n) is 27.8. The molecule has 1 aromatic carbocycles. The van der Waals surface area contributed by atoms with Crippen molar-refractivity contribution in [2.75, 3.05) is 97.1 Å². The Morgan fingerprint density at radius 3 is 1.78 bits per heavy atom. The van der Waals surface area contributed by atoms with Gasteiger partial charge < -0.3 is 61.9 Å². The first-order valence-corrected chi connectivity index (χ1v) is 30.3. The van der Waals surface area contributed by atoms with Crippen molar-refractivity contribution in [3.63, 3.8) is 0 Å². The smallest absolute Gasteiger partial charge is 0.666 e. The van der Waals surface area contributed by atoms with Gasteiger partial charge in [-0.25, -0.2) is 0 Å². The summed E-state index contributed by atoms with van der Waals surface area (Å²) in [7, 11) is 2.57. The predicted molar refractivity (Wildman–Crippen MR) is 304 cm³/mol. The number of benzene rings is 1. The summed E-state index contributed by atoms with van der Waals surface area (Å²) in [4.78, 5) is 97.5. The van der Waals surface area contributed by atoms with E-state index in [-0.39, 0.29) is 170 Å². The second-order valence-corrected chi connectivity index (χ2v) is 21.5. The molecule has 1 saturated heterocycles. The number of hydrogen-bond acceptors (Lipinski definition) is 17. The van der Waals surface area contributed by atoms with E-state index in [1.807, 2.05) is 0 Å². The second-order valence-electron chi connectivity index (χ2n) is 18.9. The van der Waals surface area contributed by atoms with Gasteiger partial charge in [0.2, 0.25) is 29.5 Å². The fraction of sp³-hybridized carbons (Fsp3) is 0.741. The SMILES string of the molecule is CCCCCCC(=O)NCCOCCOCC(=O)NCCOCCOCC(=O)NCCCC[C@@H]1NC(=O)[C@@H]([NH-])CSSC[C@@H](C(=O)CN[C@@H](Cc2ccc(O)cc2)C(N)=O)NCC1=O.CCCCCCCCCCCC(=O)O.[K+]. The molecule has 25 heteroatoms. The second kappa shape index (κ2) is 52.1. The largest absolute Gasteiger partial charge is 1.00 e. The molecule has 0 saturated carbocycles. The standard InChI is InChI=1S/C42H69N8O12S2.C12H24O2.K/c1-2-3-4-5-9-38(54)46-15-17-59-19-22-62-27-40(56)47-16-18-60-20-21-61-26-39(55)45-14-7-6-8-33-36(52)24-49-35(29-64-63-28-32(43)42(58)50-33)37(53)25-48-34(41(44)57)23-30-10-12-31(51)13-11-30;1-2-3-4-5-6-7-8-9-10-11-12(13)14;/h10-13,32-35,43,48-49,51H,2-9,14-29H2,1H3,(H2,44,57)(H,45,55)(H,46,54)(H,47,56)(H,50,58);2-11H2,1H3,(H,13,14);/q-1;;+1/t32-,33-,34-,35-;;/m0../s1. The van der Waals surface area contributed by atoms with Crippen LogP contribution in [-0.2, 0) is 63.7 Å². The number of carbonyl (C=O) groups excluding carboxylic acids is 7. The number of amides is 5. The fourth-order valence-electron chi connectivity index (χ4n) is 7.48. The Morgan fingerprint density at radius 2 is 1.20 bits per heavy atom. The number of nitrogens with two attached hydrogens (primary N) is 1. The molecule has 1 aromatic rings. The van der Waals surface area contributed by atoms with Crippen LogP contribution in [0.1, 0.15) is 135 Å². The molecule has 0 aromatic heterocycles. The number of hydrogen-bond donors (Lipinski definition) is 9. The number of aromatic hydroxyl groups is 1. The van der Waals surface area contributed by atoms with Crippen LogP contribution >= 0.6 is 21.6 Å². The van der Waals surface area contributed by atoms with Gasteiger partial charge in [-0.05, 0) is 68.0 Å². The maximum atomic E-state index is 13.3. The molecule has 446 valence electrons. The minimum absolute atomic E-state index is 0. The van der Waals surface area contributed by atoms with Crippen LogP contribution in [-0.4, -0.2) is 179 Å². The fourth-order valence-corrected chi connectivity index (χ4v) is 9.79. The number of nitrogens with one attached hydrogen (secondary N) is 7. The molecule has 1 heterocycles. The summed E-state index contributed by atoms with van der Waals surface area (Å²) in [5.74, 6) is -2.66. The molecule has 2 rings (SSSR count). The van der Waals surface area contributed by atoms with Crippen LogP contribution in [0.25, 0.3) is 5.73 Å². The van der Waals surface area contributed by atoms with Crippen LogP contribution in [0.2, 0.25) is 0 Å². The molecule has 1 fully saturated rings. The average Bonchev–Trinajstić information content (AvgIpc) is 3.41. The van der Waals surface area contributed by atoms with Crippen molar-refractivity contribution >= 4 is 68.7 Å². The van der Waals surface area contributed by atoms with Gasteiger partial charge in [0, 0.05) is 38.2 Å². The van der Waals surface area contributed by atoms with Crippen LogP contribution in [0, 0.1) is 0 Å². The summed E-state index contributed by atoms with van der Waals surface area (Å²) in [6.07, 6.45) is 17.7. The number of carboxylic acid groups (broad SMARTS) is 1. The third-order valence-electron chi connectivity index (χ3n) is 12.1. The minimum Gasteiger partial charge on any atom is -0.666 e. The average molecular weight is 1180 g/mol. The maximum Gasteiger partial charge on any atom is 1.00 e. The molecule has 22 nitrogen and oxygen atoms in total. The molecule has 0 aliphatic carbocycles. The normalized spacial score (nSPS) is 16.1. The van der Waals surface area contributed by atoms with Crippen LogP contribution in [0.15, 0.2) is 24.3 Å². The summed E-state index contributed by atoms with van der Waals surface area (Å²) in [5.41, 5.74) is 14.6. The van der Waals surface area contributed by atoms with E-state index < -0.39 is 42.0 Å². The zero-order chi connectivity index (χ0) is 57.4. The number of ketones is 2. The van der Waals surface area contributed by atoms with E-state index in [2.05, 4.69) is 45.7 Å². The zero-order valence-electron chi connectivity index (χ0n) is 47.3. The minimum atomic E-state index is -1.12. The van der Waals surface area contributed by atoms with E-state index in [1.54, 1.807) is 12.1 Å². The summed E-state index contributed by atoms with van der Waals surface area (Å²) in [6.45, 7) is 6.18. The number of ether oxygens (including phenoxy) is 4. The number of phenolic OH excluding ortho intramolecular Hbond substituents is 1. The van der Waals surface area contributed by atoms with Crippen molar-refractivity contribution in [1.29, 1.82) is 0 Å². The van der Waals surface area contributed by atoms with Crippen LogP contribution in [0.5, 0.6) is 5.75 Å². The van der Waals surface area contributed by atoms with E-state index in [4.69, 9.17) is 35.5 Å². The van der Waals surface area contributed by atoms with E-state index >= 15 is 0 Å². The van der Waals surface area contributed by atoms with Gasteiger partial charge in [-0.3, -0.25) is 49.0 Å². The predicted octanol–water partition coefficient (Wildman–Crippen LogP) is 1.33. The topological polar surface area (TPSA) is 336 Å². The number of unbranched alkanes of at least 4 members (excludes halogenated alkanes) is 12. The van der Waals surface area contributed by atoms with Crippen molar-refractivity contribution in [1.82, 2.24) is 31.9 Å². The number of aliphatic carboxylic acids is 1. The van der Waals surface area contributed by atoms with Gasteiger partial charge in [-0.15, -0.1) is 0 Å². The third kappa shape index (κ3) is 44.5. The van der Waals surface area contributed by atoms with Crippen LogP contribution in [0.3, 0.4) is 0 Å². The maximum absolute atomic E-state index is 13.3. The van der Waals surface area contributed by atoms with Gasteiger partial charge >= 0.3 is 57.4 Å². The van der Waals surface area contributed by atoms with Crippen molar-refractivity contribution in [3.05, 3.63) is 35.6 Å². The van der Waals surface area contributed by atoms with Crippen molar-refractivity contribution in [2.45, 2.75) is 160 Å². The molecule has 1 aliphatic rings. The summed E-state index contributed by atoms with van der Waals surface area (Å²) >= 11 is 0. The first kappa shape index (κ1) is 76.2. The van der Waals surface area contributed by atoms with Crippen molar-refractivity contribution < 1.29 is 119 Å². The Bertz CT molecular complexity index is 1830. The Morgan fingerprint density at radius 1 is 0.684 bits per heavy atom. The number of phenols is 1. The van der Waals surface area contributed by atoms with E-state index in [0.717, 1.165) is 44.1 Å². The monoisotopic (exact) mass is 1180 g/mol. The van der Waals surface area contributed by atoms with Gasteiger partial charge in [0.15, 0.2) is 11.6 Å². The van der Waals surface area contributed by atoms with Crippen molar-refractivity contribution in [3.8, 4) is 5.75 Å². The van der Waals surface area contributed by atoms with Crippen molar-refractivity contribution in [2.24, 2.45) is 5.73 Å². The zero-order valence-corrected chi connectivity index (χ0v) is 52.1. The van der Waals surface area contributed by atoms with Gasteiger partial charge in [0.25, 0.3) is 0 Å². The molecule has 0 spiro atoms. The van der Waals surface area contributed by atoms with Gasteiger partial charge in [0.1, 0.15) is 19.0 Å². The number of rotatable bonds is 43. The quantitative estimate of drug-likeness (QED) is 0.0253. The molecule has 11 N–H and O–H groups in total. The number of Topliss-reactive ketones (excluding diaryl/α,β-unsaturated/α-hetero) is 2. The number of carbonyl (C=O) groups is 8. The Balaban J connectivity index is 0.00000354. The first-order chi connectivity index (χ1) is 37.7. The Kier molecular flexibility index (Phi) is 50.2. The van der Waals surface area contributed by atoms with Gasteiger partial charge in [-0.2, -0.15) is 0 Å². The molecule has 0 bridgehead atoms. The molecule has 4 atom stereocenters. The van der Waals surface area contributed by atoms with Gasteiger partial charge in [-0.1, -0.05) is 118 Å². The summed E-state index contributed by atoms with van der Waals surface area (Å²) < 4.78 is 21.5. The van der Waals surface area contributed by atoms with E-state index in [9.17, 15) is 43.5 Å². The Hall–Kier alpha value is -2.76. The molecule has 0 radical (unpaired) electrons. The van der Waals surface area contributed by atoms with E-state index in [1.165, 1.54) is 78.7 Å². The van der Waals surface area contributed by atoms with Gasteiger partial charge in [0.05, 0.1) is 70.9 Å². The third-order valence-corrected chi connectivity index (χ3v) is 14.5. The van der Waals surface area contributed by atoms with Crippen LogP contribution < -0.4 is 89.0 Å². The van der Waals surface area contributed by atoms with Crippen LogP contribution in [0.4, 0.5) is 0 Å². The molecule has 5 amide bonds. The Labute approximate surface area is 519 Å². The van der Waals surface area contributed by atoms with E-state index in [0.29, 0.717) is 52.0 Å². The summed E-state index contributed by atoms with van der Waals surface area (Å²) in [5, 5.41) is 34.8.